The quantitative estimate of drug-likeness (QED) is 0.723. The maximum absolute atomic E-state index is 6.20. The lowest BCUT2D eigenvalue weighted by molar-refractivity contribution is -0.159. The molecule has 1 rings (SSSR count). The summed E-state index contributed by atoms with van der Waals surface area (Å²) >= 11 is 0. The molecule has 114 valence electrons. The third-order valence-electron chi connectivity index (χ3n) is 4.87. The topological polar surface area (TPSA) is 18.5 Å². The Labute approximate surface area is 120 Å². The summed E-state index contributed by atoms with van der Waals surface area (Å²) in [6, 6.07) is 0. The van der Waals surface area contributed by atoms with E-state index in [4.69, 9.17) is 9.47 Å². The fourth-order valence-electron chi connectivity index (χ4n) is 3.39. The van der Waals surface area contributed by atoms with E-state index < -0.39 is 0 Å². The molecule has 0 saturated carbocycles. The lowest BCUT2D eigenvalue weighted by Gasteiger charge is -2.50. The van der Waals surface area contributed by atoms with Crippen LogP contribution in [0, 0.1) is 17.3 Å². The van der Waals surface area contributed by atoms with Gasteiger partial charge in [0.25, 0.3) is 0 Å². The molecule has 0 N–H and O–H groups in total. The second-order valence-electron chi connectivity index (χ2n) is 8.22. The summed E-state index contributed by atoms with van der Waals surface area (Å²) in [4.78, 5) is 0. The van der Waals surface area contributed by atoms with Crippen LogP contribution in [-0.2, 0) is 9.47 Å². The number of ether oxygens (including phenoxy) is 2. The van der Waals surface area contributed by atoms with Gasteiger partial charge in [0.1, 0.15) is 0 Å². The minimum absolute atomic E-state index is 0.00458. The minimum atomic E-state index is -0.0769. The SMILES string of the molecule is CC(C)COC(C)(C)C(C)C1(C)CCOC(C)(C)C1. The van der Waals surface area contributed by atoms with Crippen LogP contribution in [0.5, 0.6) is 0 Å². The van der Waals surface area contributed by atoms with Crippen molar-refractivity contribution in [2.45, 2.75) is 79.4 Å². The zero-order valence-corrected chi connectivity index (χ0v) is 14.3. The highest BCUT2D eigenvalue weighted by Gasteiger charge is 2.46. The maximum Gasteiger partial charge on any atom is 0.0657 e. The zero-order chi connectivity index (χ0) is 14.9. The van der Waals surface area contributed by atoms with Gasteiger partial charge in [0.2, 0.25) is 0 Å². The first-order chi connectivity index (χ1) is 8.49. The molecule has 2 unspecified atom stereocenters. The second-order valence-corrected chi connectivity index (χ2v) is 8.22. The van der Waals surface area contributed by atoms with Crippen molar-refractivity contribution >= 4 is 0 Å². The third kappa shape index (κ3) is 4.46. The summed E-state index contributed by atoms with van der Waals surface area (Å²) in [5.74, 6) is 1.10. The van der Waals surface area contributed by atoms with Crippen LogP contribution in [0.15, 0.2) is 0 Å². The largest absolute Gasteiger partial charge is 0.376 e. The van der Waals surface area contributed by atoms with E-state index in [-0.39, 0.29) is 11.2 Å². The predicted octanol–water partition coefficient (Wildman–Crippen LogP) is 4.67. The Morgan fingerprint density at radius 3 is 2.21 bits per heavy atom. The molecule has 2 nitrogen and oxygen atoms in total. The van der Waals surface area contributed by atoms with Gasteiger partial charge >= 0.3 is 0 Å². The van der Waals surface area contributed by atoms with E-state index in [1.165, 1.54) is 0 Å². The average molecular weight is 270 g/mol. The Hall–Kier alpha value is -0.0800. The van der Waals surface area contributed by atoms with Crippen molar-refractivity contribution in [1.29, 1.82) is 0 Å². The molecule has 1 aliphatic rings. The van der Waals surface area contributed by atoms with E-state index >= 15 is 0 Å². The highest BCUT2D eigenvalue weighted by Crippen LogP contribution is 2.48. The van der Waals surface area contributed by atoms with E-state index in [0.717, 1.165) is 26.1 Å². The van der Waals surface area contributed by atoms with E-state index in [1.807, 2.05) is 0 Å². The van der Waals surface area contributed by atoms with Gasteiger partial charge in [-0.2, -0.15) is 0 Å². The van der Waals surface area contributed by atoms with E-state index in [1.54, 1.807) is 0 Å². The molecule has 19 heavy (non-hydrogen) atoms. The molecule has 0 amide bonds. The van der Waals surface area contributed by atoms with Crippen molar-refractivity contribution in [1.82, 2.24) is 0 Å². The summed E-state index contributed by atoms with van der Waals surface area (Å²) in [6.07, 6.45) is 2.24. The van der Waals surface area contributed by atoms with Crippen molar-refractivity contribution in [3.63, 3.8) is 0 Å². The summed E-state index contributed by atoms with van der Waals surface area (Å²) in [6.45, 7) is 19.8. The van der Waals surface area contributed by atoms with Crippen molar-refractivity contribution < 1.29 is 9.47 Å². The van der Waals surface area contributed by atoms with Gasteiger partial charge in [0.15, 0.2) is 0 Å². The molecular weight excluding hydrogens is 236 g/mol. The Morgan fingerprint density at radius 2 is 1.74 bits per heavy atom. The molecule has 0 aromatic heterocycles. The van der Waals surface area contributed by atoms with Crippen molar-refractivity contribution in [3.05, 3.63) is 0 Å². The monoisotopic (exact) mass is 270 g/mol. The van der Waals surface area contributed by atoms with Crippen LogP contribution in [0.25, 0.3) is 0 Å². The smallest absolute Gasteiger partial charge is 0.0657 e. The highest BCUT2D eigenvalue weighted by molar-refractivity contribution is 4.96. The molecule has 0 radical (unpaired) electrons. The minimum Gasteiger partial charge on any atom is -0.376 e. The summed E-state index contributed by atoms with van der Waals surface area (Å²) in [5, 5.41) is 0. The second kappa shape index (κ2) is 5.73. The molecule has 2 heteroatoms. The first-order valence-electron chi connectivity index (χ1n) is 7.76. The Balaban J connectivity index is 2.76. The molecule has 1 aliphatic heterocycles. The van der Waals surface area contributed by atoms with Gasteiger partial charge in [-0.25, -0.2) is 0 Å². The highest BCUT2D eigenvalue weighted by atomic mass is 16.5. The number of hydrogen-bond donors (Lipinski definition) is 0. The van der Waals surface area contributed by atoms with Crippen molar-refractivity contribution in [2.75, 3.05) is 13.2 Å². The molecule has 1 saturated heterocycles. The number of rotatable bonds is 5. The summed E-state index contributed by atoms with van der Waals surface area (Å²) < 4.78 is 12.1. The fourth-order valence-corrected chi connectivity index (χ4v) is 3.39. The Morgan fingerprint density at radius 1 is 1.16 bits per heavy atom. The van der Waals surface area contributed by atoms with Gasteiger partial charge in [-0.05, 0) is 57.8 Å². The zero-order valence-electron chi connectivity index (χ0n) is 14.3. The van der Waals surface area contributed by atoms with E-state index in [9.17, 15) is 0 Å². The molecule has 1 fully saturated rings. The van der Waals surface area contributed by atoms with Gasteiger partial charge in [-0.15, -0.1) is 0 Å². The normalized spacial score (nSPS) is 29.5. The fraction of sp³-hybridized carbons (Fsp3) is 1.00. The van der Waals surface area contributed by atoms with E-state index in [0.29, 0.717) is 17.3 Å². The van der Waals surface area contributed by atoms with Crippen LogP contribution >= 0.6 is 0 Å². The lowest BCUT2D eigenvalue weighted by atomic mass is 9.63. The third-order valence-corrected chi connectivity index (χ3v) is 4.87. The van der Waals surface area contributed by atoms with Gasteiger partial charge in [0, 0.05) is 13.2 Å². The molecule has 0 bridgehead atoms. The van der Waals surface area contributed by atoms with Gasteiger partial charge in [-0.3, -0.25) is 0 Å². The summed E-state index contributed by atoms with van der Waals surface area (Å²) in [5.41, 5.74) is 0.212. The van der Waals surface area contributed by atoms with Crippen LogP contribution in [0.1, 0.15) is 68.2 Å². The van der Waals surface area contributed by atoms with Crippen molar-refractivity contribution in [2.24, 2.45) is 17.3 Å². The molecule has 1 heterocycles. The molecule has 0 spiro atoms. The first kappa shape index (κ1) is 17.0. The molecular formula is C17H34O2. The van der Waals surface area contributed by atoms with Crippen molar-refractivity contribution in [3.8, 4) is 0 Å². The van der Waals surface area contributed by atoms with Crippen LogP contribution in [0.4, 0.5) is 0 Å². The molecule has 2 atom stereocenters. The number of hydrogen-bond acceptors (Lipinski definition) is 2. The van der Waals surface area contributed by atoms with E-state index in [2.05, 4.69) is 55.4 Å². The Bertz CT molecular complexity index is 294. The van der Waals surface area contributed by atoms with Crippen LogP contribution in [0.3, 0.4) is 0 Å². The predicted molar refractivity (Wildman–Crippen MR) is 81.4 cm³/mol. The van der Waals surface area contributed by atoms with Gasteiger partial charge in [0.05, 0.1) is 11.2 Å². The van der Waals surface area contributed by atoms with Gasteiger partial charge < -0.3 is 9.47 Å². The lowest BCUT2D eigenvalue weighted by Crippen LogP contribution is -2.50. The van der Waals surface area contributed by atoms with Crippen LogP contribution < -0.4 is 0 Å². The standard InChI is InChI=1S/C17H34O2/c1-13(2)11-19-16(6,7)14(3)17(8)9-10-18-15(4,5)12-17/h13-14H,9-12H2,1-8H3. The average Bonchev–Trinajstić information content (AvgIpc) is 2.23. The molecule has 0 aromatic rings. The maximum atomic E-state index is 6.20. The molecule has 0 aromatic carbocycles. The van der Waals surface area contributed by atoms with Crippen LogP contribution in [-0.4, -0.2) is 24.4 Å². The Kier molecular flexibility index (Phi) is 5.12. The summed E-state index contributed by atoms with van der Waals surface area (Å²) in [7, 11) is 0. The molecule has 0 aliphatic carbocycles. The van der Waals surface area contributed by atoms with Gasteiger partial charge in [-0.1, -0.05) is 27.7 Å². The first-order valence-corrected chi connectivity index (χ1v) is 7.76. The van der Waals surface area contributed by atoms with Crippen LogP contribution in [0.2, 0.25) is 0 Å².